The maximum absolute atomic E-state index is 12.8. The Kier molecular flexibility index (Phi) is 6.34. The van der Waals surface area contributed by atoms with Crippen molar-refractivity contribution in [1.29, 1.82) is 0 Å². The SMILES string of the molecule is CCOC(=O)Cc1ccc(CC(=O)c2nc(-c3ccc(C)cc3)cnc2N)cc1. The molecule has 0 spiro atoms. The zero-order valence-electron chi connectivity index (χ0n) is 16.5. The summed E-state index contributed by atoms with van der Waals surface area (Å²) in [5.74, 6) is -0.362. The number of hydrogen-bond donors (Lipinski definition) is 1. The molecule has 0 fully saturated rings. The summed E-state index contributed by atoms with van der Waals surface area (Å²) < 4.78 is 4.94. The molecule has 0 radical (unpaired) electrons. The van der Waals surface area contributed by atoms with Gasteiger partial charge in [0.1, 0.15) is 5.69 Å². The van der Waals surface area contributed by atoms with Gasteiger partial charge in [-0.15, -0.1) is 0 Å². The number of carbonyl (C=O) groups excluding carboxylic acids is 2. The molecule has 1 aromatic heterocycles. The predicted octanol–water partition coefficient (Wildman–Crippen LogP) is 3.57. The highest BCUT2D eigenvalue weighted by atomic mass is 16.5. The van der Waals surface area contributed by atoms with E-state index in [9.17, 15) is 9.59 Å². The molecule has 1 heterocycles. The van der Waals surface area contributed by atoms with Crippen molar-refractivity contribution >= 4 is 17.6 Å². The van der Waals surface area contributed by atoms with Crippen LogP contribution >= 0.6 is 0 Å². The number of rotatable bonds is 7. The number of ether oxygens (including phenoxy) is 1. The van der Waals surface area contributed by atoms with Gasteiger partial charge in [0.05, 0.1) is 24.9 Å². The maximum atomic E-state index is 12.8. The van der Waals surface area contributed by atoms with Crippen molar-refractivity contribution in [2.75, 3.05) is 12.3 Å². The van der Waals surface area contributed by atoms with E-state index in [2.05, 4.69) is 9.97 Å². The largest absolute Gasteiger partial charge is 0.466 e. The Labute approximate surface area is 169 Å². The van der Waals surface area contributed by atoms with Crippen LogP contribution in [0.15, 0.2) is 54.7 Å². The zero-order valence-corrected chi connectivity index (χ0v) is 16.5. The van der Waals surface area contributed by atoms with Crippen LogP contribution in [0.4, 0.5) is 5.82 Å². The molecule has 6 heteroatoms. The second-order valence-corrected chi connectivity index (χ2v) is 6.75. The van der Waals surface area contributed by atoms with Gasteiger partial charge in [0.15, 0.2) is 11.6 Å². The molecule has 2 N–H and O–H groups in total. The van der Waals surface area contributed by atoms with Crippen LogP contribution in [0.1, 0.15) is 34.1 Å². The monoisotopic (exact) mass is 389 g/mol. The number of anilines is 1. The van der Waals surface area contributed by atoms with E-state index in [4.69, 9.17) is 10.5 Å². The number of aryl methyl sites for hydroxylation is 1. The average Bonchev–Trinajstić information content (AvgIpc) is 2.70. The minimum absolute atomic E-state index is 0.116. The molecule has 0 aliphatic carbocycles. The van der Waals surface area contributed by atoms with Gasteiger partial charge in [0, 0.05) is 12.0 Å². The van der Waals surface area contributed by atoms with Gasteiger partial charge in [-0.05, 0) is 25.0 Å². The Balaban J connectivity index is 1.74. The van der Waals surface area contributed by atoms with Gasteiger partial charge in [-0.1, -0.05) is 54.1 Å². The lowest BCUT2D eigenvalue weighted by molar-refractivity contribution is -0.142. The molecule has 0 saturated heterocycles. The Morgan fingerprint density at radius 3 is 2.21 bits per heavy atom. The maximum Gasteiger partial charge on any atom is 0.310 e. The van der Waals surface area contributed by atoms with Crippen LogP contribution in [-0.4, -0.2) is 28.3 Å². The average molecular weight is 389 g/mol. The van der Waals surface area contributed by atoms with E-state index in [0.717, 1.165) is 22.3 Å². The molecule has 0 aliphatic heterocycles. The van der Waals surface area contributed by atoms with Gasteiger partial charge in [-0.25, -0.2) is 9.97 Å². The fourth-order valence-corrected chi connectivity index (χ4v) is 2.89. The van der Waals surface area contributed by atoms with Crippen molar-refractivity contribution in [1.82, 2.24) is 9.97 Å². The highest BCUT2D eigenvalue weighted by Crippen LogP contribution is 2.20. The Bertz CT molecular complexity index is 1010. The van der Waals surface area contributed by atoms with Crippen molar-refractivity contribution < 1.29 is 14.3 Å². The number of nitrogen functional groups attached to an aromatic ring is 1. The van der Waals surface area contributed by atoms with E-state index in [0.29, 0.717) is 12.3 Å². The van der Waals surface area contributed by atoms with E-state index in [1.165, 1.54) is 0 Å². The van der Waals surface area contributed by atoms with Crippen molar-refractivity contribution in [3.63, 3.8) is 0 Å². The van der Waals surface area contributed by atoms with E-state index >= 15 is 0 Å². The fourth-order valence-electron chi connectivity index (χ4n) is 2.89. The molecule has 6 nitrogen and oxygen atoms in total. The number of aromatic nitrogens is 2. The molecule has 29 heavy (non-hydrogen) atoms. The molecular weight excluding hydrogens is 366 g/mol. The molecule has 0 saturated carbocycles. The third-order valence-corrected chi connectivity index (χ3v) is 4.45. The summed E-state index contributed by atoms with van der Waals surface area (Å²) in [7, 11) is 0. The Hall–Kier alpha value is -3.54. The van der Waals surface area contributed by atoms with E-state index < -0.39 is 0 Å². The summed E-state index contributed by atoms with van der Waals surface area (Å²) in [6, 6.07) is 15.1. The first kappa shape index (κ1) is 20.2. The van der Waals surface area contributed by atoms with Crippen LogP contribution in [0.3, 0.4) is 0 Å². The lowest BCUT2D eigenvalue weighted by atomic mass is 10.0. The van der Waals surface area contributed by atoms with Gasteiger partial charge in [0.25, 0.3) is 0 Å². The number of benzene rings is 2. The summed E-state index contributed by atoms with van der Waals surface area (Å²) in [5, 5.41) is 0. The molecule has 2 aromatic carbocycles. The van der Waals surface area contributed by atoms with Gasteiger partial charge < -0.3 is 10.5 Å². The molecule has 0 aliphatic rings. The van der Waals surface area contributed by atoms with Crippen molar-refractivity contribution in [2.45, 2.75) is 26.7 Å². The number of carbonyl (C=O) groups is 2. The predicted molar refractivity (Wildman–Crippen MR) is 111 cm³/mol. The van der Waals surface area contributed by atoms with Crippen LogP contribution in [-0.2, 0) is 22.4 Å². The Morgan fingerprint density at radius 2 is 1.59 bits per heavy atom. The molecule has 3 rings (SSSR count). The topological polar surface area (TPSA) is 95.2 Å². The lowest BCUT2D eigenvalue weighted by Gasteiger charge is -2.08. The second kappa shape index (κ2) is 9.10. The number of nitrogens with two attached hydrogens (primary N) is 1. The molecule has 0 bridgehead atoms. The van der Waals surface area contributed by atoms with Crippen LogP contribution < -0.4 is 5.73 Å². The number of ketones is 1. The van der Waals surface area contributed by atoms with E-state index in [1.807, 2.05) is 55.5 Å². The van der Waals surface area contributed by atoms with Crippen LogP contribution in [0.5, 0.6) is 0 Å². The highest BCUT2D eigenvalue weighted by Gasteiger charge is 2.15. The standard InChI is InChI=1S/C23H23N3O3/c1-3-29-21(28)13-17-8-6-16(7-9-17)12-20(27)22-23(24)25-14-19(26-22)18-10-4-15(2)5-11-18/h4-11,14H,3,12-13H2,1-2H3,(H2,24,25). The smallest absolute Gasteiger partial charge is 0.310 e. The summed E-state index contributed by atoms with van der Waals surface area (Å²) in [6.45, 7) is 4.13. The minimum atomic E-state index is -0.271. The zero-order chi connectivity index (χ0) is 20.8. The third-order valence-electron chi connectivity index (χ3n) is 4.45. The number of hydrogen-bond acceptors (Lipinski definition) is 6. The first-order valence-corrected chi connectivity index (χ1v) is 9.42. The third kappa shape index (κ3) is 5.25. The van der Waals surface area contributed by atoms with Gasteiger partial charge in [-0.3, -0.25) is 9.59 Å². The molecule has 0 amide bonds. The highest BCUT2D eigenvalue weighted by molar-refractivity contribution is 5.99. The summed E-state index contributed by atoms with van der Waals surface area (Å²) in [6.07, 6.45) is 1.93. The first-order chi connectivity index (χ1) is 14.0. The molecule has 3 aromatic rings. The van der Waals surface area contributed by atoms with Gasteiger partial charge in [0.2, 0.25) is 0 Å². The quantitative estimate of drug-likeness (QED) is 0.490. The van der Waals surface area contributed by atoms with Crippen LogP contribution in [0.25, 0.3) is 11.3 Å². The molecular formula is C23H23N3O3. The summed E-state index contributed by atoms with van der Waals surface area (Å²) >= 11 is 0. The minimum Gasteiger partial charge on any atom is -0.466 e. The second-order valence-electron chi connectivity index (χ2n) is 6.75. The Morgan fingerprint density at radius 1 is 0.966 bits per heavy atom. The number of Topliss-reactive ketones (excluding diaryl/α,β-unsaturated/α-hetero) is 1. The number of esters is 1. The summed E-state index contributed by atoms with van der Waals surface area (Å²) in [4.78, 5) is 32.9. The first-order valence-electron chi connectivity index (χ1n) is 9.42. The summed E-state index contributed by atoms with van der Waals surface area (Å²) in [5.41, 5.74) is 10.3. The molecule has 0 atom stereocenters. The molecule has 148 valence electrons. The van der Waals surface area contributed by atoms with Crippen molar-refractivity contribution in [3.8, 4) is 11.3 Å². The van der Waals surface area contributed by atoms with Crippen LogP contribution in [0.2, 0.25) is 0 Å². The number of nitrogens with zero attached hydrogens (tertiary/aromatic N) is 2. The van der Waals surface area contributed by atoms with Gasteiger partial charge in [-0.2, -0.15) is 0 Å². The van der Waals surface area contributed by atoms with Crippen molar-refractivity contribution in [3.05, 3.63) is 77.1 Å². The van der Waals surface area contributed by atoms with Crippen molar-refractivity contribution in [2.24, 2.45) is 0 Å². The van der Waals surface area contributed by atoms with Gasteiger partial charge >= 0.3 is 5.97 Å². The van der Waals surface area contributed by atoms with E-state index in [-0.39, 0.29) is 36.1 Å². The lowest BCUT2D eigenvalue weighted by Crippen LogP contribution is -2.12. The van der Waals surface area contributed by atoms with Crippen LogP contribution in [0, 0.1) is 6.92 Å². The fraction of sp³-hybridized carbons (Fsp3) is 0.217. The normalized spacial score (nSPS) is 10.6. The molecule has 0 unspecified atom stereocenters. The van der Waals surface area contributed by atoms with E-state index in [1.54, 1.807) is 13.1 Å².